The number of ketones is 1. The van der Waals surface area contributed by atoms with E-state index in [2.05, 4.69) is 25.2 Å². The van der Waals surface area contributed by atoms with Crippen LogP contribution in [0.4, 0.5) is 0 Å². The van der Waals surface area contributed by atoms with Crippen LogP contribution in [0.2, 0.25) is 0 Å². The fourth-order valence-electron chi connectivity index (χ4n) is 7.79. The van der Waals surface area contributed by atoms with Crippen LogP contribution in [0, 0.1) is 34.5 Å². The van der Waals surface area contributed by atoms with Crippen molar-refractivity contribution in [2.24, 2.45) is 34.5 Å². The molecular formula is C26H33NO3S. The predicted molar refractivity (Wildman–Crippen MR) is 122 cm³/mol. The zero-order valence-corrected chi connectivity index (χ0v) is 19.5. The summed E-state index contributed by atoms with van der Waals surface area (Å²) < 4.78 is 11.9. The van der Waals surface area contributed by atoms with Crippen molar-refractivity contribution in [3.05, 3.63) is 42.0 Å². The molecule has 166 valence electrons. The monoisotopic (exact) mass is 439 g/mol. The first kappa shape index (κ1) is 21.1. The number of hydrogen-bond donors (Lipinski definition) is 1. The second-order valence-corrected chi connectivity index (χ2v) is 12.1. The second-order valence-electron chi connectivity index (χ2n) is 10.7. The molecule has 5 rings (SSSR count). The van der Waals surface area contributed by atoms with Crippen LogP contribution in [-0.4, -0.2) is 28.2 Å². The molecule has 1 unspecified atom stereocenters. The number of carbonyl (C=O) groups excluding carboxylic acids is 2. The van der Waals surface area contributed by atoms with Gasteiger partial charge in [-0.05, 0) is 79.9 Å². The molecule has 1 N–H and O–H groups in total. The summed E-state index contributed by atoms with van der Waals surface area (Å²) >= 11 is 0. The third-order valence-electron chi connectivity index (χ3n) is 9.45. The van der Waals surface area contributed by atoms with E-state index in [0.29, 0.717) is 17.8 Å². The summed E-state index contributed by atoms with van der Waals surface area (Å²) in [6, 6.07) is 7.67. The highest BCUT2D eigenvalue weighted by Gasteiger charge is 2.60. The largest absolute Gasteiger partial charge is 0.349 e. The Morgan fingerprint density at radius 2 is 1.90 bits per heavy atom. The molecule has 1 aromatic rings. The van der Waals surface area contributed by atoms with Crippen molar-refractivity contribution in [1.82, 2.24) is 5.32 Å². The molecule has 3 fully saturated rings. The molecule has 0 saturated heterocycles. The minimum atomic E-state index is -1.08. The van der Waals surface area contributed by atoms with E-state index in [4.69, 9.17) is 0 Å². The van der Waals surface area contributed by atoms with Gasteiger partial charge in [0.15, 0.2) is 5.78 Å². The lowest BCUT2D eigenvalue weighted by atomic mass is 9.47. The average molecular weight is 440 g/mol. The molecule has 1 amide bonds. The Morgan fingerprint density at radius 3 is 2.68 bits per heavy atom. The van der Waals surface area contributed by atoms with Crippen molar-refractivity contribution in [3.8, 4) is 0 Å². The van der Waals surface area contributed by atoms with Gasteiger partial charge < -0.3 is 5.32 Å². The third kappa shape index (κ3) is 3.18. The Bertz CT molecular complexity index is 987. The highest BCUT2D eigenvalue weighted by atomic mass is 32.2. The molecule has 31 heavy (non-hydrogen) atoms. The molecular weight excluding hydrogens is 406 g/mol. The van der Waals surface area contributed by atoms with Crippen molar-refractivity contribution in [1.29, 1.82) is 0 Å². The van der Waals surface area contributed by atoms with Gasteiger partial charge in [-0.3, -0.25) is 13.8 Å². The standard InChI is InChI=1S/C26H33NO3S/c1-25-13-11-20-18(7-10-22-26(20,2)14-12-23(28)27-22)19(25)8-9-21(25)24(29)16-5-4-6-17(15-16)31(3)30/h4-6,12,14-15,18-22H,7-11,13H2,1-3H3,(H,27,28)/t18-,19-,20-,21+,22+,25-,26+,31?/m0/s1. The van der Waals surface area contributed by atoms with Gasteiger partial charge in [-0.15, -0.1) is 0 Å². The van der Waals surface area contributed by atoms with Gasteiger partial charge in [0.25, 0.3) is 0 Å². The van der Waals surface area contributed by atoms with Crippen LogP contribution in [0.25, 0.3) is 0 Å². The molecule has 0 radical (unpaired) electrons. The smallest absolute Gasteiger partial charge is 0.243 e. The van der Waals surface area contributed by atoms with Gasteiger partial charge in [-0.2, -0.15) is 0 Å². The molecule has 0 bridgehead atoms. The maximum Gasteiger partial charge on any atom is 0.243 e. The molecule has 0 spiro atoms. The number of amides is 1. The minimum absolute atomic E-state index is 0.0276. The normalized spacial score (nSPS) is 42.2. The summed E-state index contributed by atoms with van der Waals surface area (Å²) in [5.41, 5.74) is 0.778. The Kier molecular flexibility index (Phi) is 5.04. The van der Waals surface area contributed by atoms with E-state index in [0.717, 1.165) is 49.0 Å². The van der Waals surface area contributed by atoms with E-state index in [1.165, 1.54) is 0 Å². The Hall–Kier alpha value is -1.75. The van der Waals surface area contributed by atoms with Gasteiger partial charge in [0, 0.05) is 44.9 Å². The quantitative estimate of drug-likeness (QED) is 0.705. The molecule has 4 nitrogen and oxygen atoms in total. The number of fused-ring (bicyclic) bond motifs is 5. The fourth-order valence-corrected chi connectivity index (χ4v) is 8.36. The van der Waals surface area contributed by atoms with E-state index in [1.807, 2.05) is 24.3 Å². The molecule has 3 aliphatic carbocycles. The van der Waals surface area contributed by atoms with Crippen LogP contribution in [0.3, 0.4) is 0 Å². The van der Waals surface area contributed by atoms with Crippen LogP contribution in [0.5, 0.6) is 0 Å². The van der Waals surface area contributed by atoms with Crippen LogP contribution in [0.15, 0.2) is 41.3 Å². The first-order valence-corrected chi connectivity index (χ1v) is 13.3. The average Bonchev–Trinajstić information content (AvgIpc) is 3.11. The molecule has 1 aromatic carbocycles. The van der Waals surface area contributed by atoms with E-state index >= 15 is 0 Å². The van der Waals surface area contributed by atoms with E-state index in [9.17, 15) is 13.8 Å². The Balaban J connectivity index is 1.42. The summed E-state index contributed by atoms with van der Waals surface area (Å²) in [7, 11) is -1.08. The third-order valence-corrected chi connectivity index (χ3v) is 10.4. The van der Waals surface area contributed by atoms with Crippen molar-refractivity contribution in [2.45, 2.75) is 63.3 Å². The van der Waals surface area contributed by atoms with Crippen molar-refractivity contribution in [3.63, 3.8) is 0 Å². The summed E-state index contributed by atoms with van der Waals surface area (Å²) in [4.78, 5) is 26.3. The lowest BCUT2D eigenvalue weighted by Gasteiger charge is -2.58. The fraction of sp³-hybridized carbons (Fsp3) is 0.615. The van der Waals surface area contributed by atoms with Crippen LogP contribution < -0.4 is 5.32 Å². The lowest BCUT2D eigenvalue weighted by molar-refractivity contribution is -0.122. The number of Topliss-reactive ketones (excluding diaryl/α,β-unsaturated/α-hetero) is 1. The number of hydrogen-bond acceptors (Lipinski definition) is 3. The summed E-state index contributed by atoms with van der Waals surface area (Å²) in [6.45, 7) is 4.69. The number of benzene rings is 1. The maximum atomic E-state index is 13.6. The van der Waals surface area contributed by atoms with Crippen molar-refractivity contribution in [2.75, 3.05) is 6.26 Å². The lowest BCUT2D eigenvalue weighted by Crippen LogP contribution is -2.59. The molecule has 1 heterocycles. The van der Waals surface area contributed by atoms with Gasteiger partial charge in [0.05, 0.1) is 0 Å². The minimum Gasteiger partial charge on any atom is -0.349 e. The van der Waals surface area contributed by atoms with Gasteiger partial charge in [0.2, 0.25) is 5.91 Å². The van der Waals surface area contributed by atoms with E-state index in [1.54, 1.807) is 12.3 Å². The van der Waals surface area contributed by atoms with Gasteiger partial charge >= 0.3 is 0 Å². The van der Waals surface area contributed by atoms with Crippen LogP contribution in [0.1, 0.15) is 62.7 Å². The maximum absolute atomic E-state index is 13.6. The summed E-state index contributed by atoms with van der Waals surface area (Å²) in [5, 5.41) is 3.22. The zero-order valence-electron chi connectivity index (χ0n) is 18.7. The molecule has 0 aromatic heterocycles. The SMILES string of the molecule is CS(=O)c1cccc(C(=O)[C@H]2CC[C@H]3[C@@H]4CC[C@H]5NC(=O)C=C[C@]5(C)[C@H]4CC[C@]23C)c1. The number of rotatable bonds is 3. The molecule has 4 aliphatic rings. The Labute approximate surface area is 187 Å². The molecule has 1 aliphatic heterocycles. The van der Waals surface area contributed by atoms with E-state index < -0.39 is 10.8 Å². The van der Waals surface area contributed by atoms with Crippen LogP contribution in [-0.2, 0) is 15.6 Å². The number of nitrogens with one attached hydrogen (secondary N) is 1. The molecule has 3 saturated carbocycles. The van der Waals surface area contributed by atoms with Crippen LogP contribution >= 0.6 is 0 Å². The molecule has 5 heteroatoms. The first-order chi connectivity index (χ1) is 14.7. The van der Waals surface area contributed by atoms with Gasteiger partial charge in [-0.1, -0.05) is 32.1 Å². The van der Waals surface area contributed by atoms with E-state index in [-0.39, 0.29) is 34.5 Å². The molecule has 8 atom stereocenters. The van der Waals surface area contributed by atoms with Crippen molar-refractivity contribution < 1.29 is 13.8 Å². The Morgan fingerprint density at radius 1 is 1.10 bits per heavy atom. The zero-order chi connectivity index (χ0) is 22.0. The first-order valence-electron chi connectivity index (χ1n) is 11.7. The summed E-state index contributed by atoms with van der Waals surface area (Å²) in [6.07, 6.45) is 12.0. The van der Waals surface area contributed by atoms with Gasteiger partial charge in [-0.25, -0.2) is 0 Å². The van der Waals surface area contributed by atoms with Crippen molar-refractivity contribution >= 4 is 22.5 Å². The summed E-state index contributed by atoms with van der Waals surface area (Å²) in [5.74, 6) is 2.08. The highest BCUT2D eigenvalue weighted by Crippen LogP contribution is 2.65. The highest BCUT2D eigenvalue weighted by molar-refractivity contribution is 7.84. The number of carbonyl (C=O) groups is 2. The second kappa shape index (κ2) is 7.40. The topological polar surface area (TPSA) is 63.2 Å². The predicted octanol–water partition coefficient (Wildman–Crippen LogP) is 4.52. The van der Waals surface area contributed by atoms with Gasteiger partial charge in [0.1, 0.15) is 0 Å².